The van der Waals surface area contributed by atoms with Gasteiger partial charge in [0, 0.05) is 37.8 Å². The molecule has 6 nitrogen and oxygen atoms in total. The van der Waals surface area contributed by atoms with E-state index in [1.807, 2.05) is 59.4 Å². The van der Waals surface area contributed by atoms with Crippen LogP contribution < -0.4 is 5.32 Å². The Labute approximate surface area is 183 Å². The van der Waals surface area contributed by atoms with Gasteiger partial charge < -0.3 is 10.1 Å². The minimum Gasteiger partial charge on any atom is -0.379 e. The number of benzene rings is 2. The number of nitrogens with one attached hydrogen (secondary N) is 1. The maximum absolute atomic E-state index is 12.4. The Morgan fingerprint density at radius 1 is 1.00 bits per heavy atom. The highest BCUT2D eigenvalue weighted by molar-refractivity contribution is 5.76. The van der Waals surface area contributed by atoms with Gasteiger partial charge in [-0.3, -0.25) is 9.69 Å². The topological polar surface area (TPSA) is 59.4 Å². The van der Waals surface area contributed by atoms with Crippen molar-refractivity contribution < 1.29 is 9.53 Å². The second kappa shape index (κ2) is 10.9. The first-order valence-corrected chi connectivity index (χ1v) is 11.1. The summed E-state index contributed by atoms with van der Waals surface area (Å²) in [5.41, 5.74) is 4.10. The number of aryl methyl sites for hydroxylation is 1. The number of carbonyl (C=O) groups is 1. The molecule has 0 unspecified atom stereocenters. The quantitative estimate of drug-likeness (QED) is 0.542. The van der Waals surface area contributed by atoms with Gasteiger partial charge in [0.1, 0.15) is 0 Å². The van der Waals surface area contributed by atoms with Crippen molar-refractivity contribution in [2.75, 3.05) is 39.4 Å². The van der Waals surface area contributed by atoms with E-state index in [0.29, 0.717) is 19.4 Å². The summed E-state index contributed by atoms with van der Waals surface area (Å²) in [5, 5.41) is 7.89. The number of hydrogen-bond acceptors (Lipinski definition) is 4. The van der Waals surface area contributed by atoms with E-state index in [4.69, 9.17) is 9.84 Å². The second-order valence-corrected chi connectivity index (χ2v) is 7.81. The fourth-order valence-electron chi connectivity index (χ4n) is 3.84. The Kier molecular flexibility index (Phi) is 7.47. The van der Waals surface area contributed by atoms with Crippen LogP contribution in [0.5, 0.6) is 0 Å². The maximum Gasteiger partial charge on any atom is 0.220 e. The molecule has 0 spiro atoms. The maximum atomic E-state index is 12.4. The van der Waals surface area contributed by atoms with E-state index in [0.717, 1.165) is 61.8 Å². The van der Waals surface area contributed by atoms with Gasteiger partial charge in [-0.1, -0.05) is 48.5 Å². The molecule has 0 radical (unpaired) electrons. The number of para-hydroxylation sites is 1. The molecule has 1 aliphatic heterocycles. The zero-order valence-electron chi connectivity index (χ0n) is 17.9. The normalized spacial score (nSPS) is 14.5. The van der Waals surface area contributed by atoms with Crippen LogP contribution in [0.2, 0.25) is 0 Å². The van der Waals surface area contributed by atoms with Crippen molar-refractivity contribution in [3.05, 3.63) is 72.4 Å². The largest absolute Gasteiger partial charge is 0.379 e. The standard InChI is InChI=1S/C25H30N4O2/c30-24(26-14-7-15-28-16-18-31-19-17-28)13-12-22-20-29(23-10-5-2-6-11-23)27-25(22)21-8-3-1-4-9-21/h1-6,8-11,20H,7,12-19H2,(H,26,30). The van der Waals surface area contributed by atoms with Crippen LogP contribution in [0.1, 0.15) is 18.4 Å². The van der Waals surface area contributed by atoms with Crippen LogP contribution >= 0.6 is 0 Å². The van der Waals surface area contributed by atoms with Crippen molar-refractivity contribution in [2.45, 2.75) is 19.3 Å². The molecule has 0 bridgehead atoms. The summed E-state index contributed by atoms with van der Waals surface area (Å²) in [7, 11) is 0. The van der Waals surface area contributed by atoms with Crippen LogP contribution in [-0.2, 0) is 16.0 Å². The van der Waals surface area contributed by atoms with Crippen molar-refractivity contribution >= 4 is 5.91 Å². The van der Waals surface area contributed by atoms with Gasteiger partial charge in [-0.05, 0) is 37.1 Å². The molecule has 1 aromatic heterocycles. The lowest BCUT2D eigenvalue weighted by atomic mass is 10.0. The van der Waals surface area contributed by atoms with Crippen molar-refractivity contribution in [3.8, 4) is 16.9 Å². The van der Waals surface area contributed by atoms with E-state index in [-0.39, 0.29) is 5.91 Å². The zero-order chi connectivity index (χ0) is 21.3. The molecule has 0 atom stereocenters. The molecule has 2 aromatic carbocycles. The summed E-state index contributed by atoms with van der Waals surface area (Å²) in [4.78, 5) is 14.8. The molecule has 6 heteroatoms. The molecule has 2 heterocycles. The number of morpholine rings is 1. The summed E-state index contributed by atoms with van der Waals surface area (Å²) in [6.45, 7) is 5.32. The number of aromatic nitrogens is 2. The second-order valence-electron chi connectivity index (χ2n) is 7.81. The lowest BCUT2D eigenvalue weighted by Crippen LogP contribution is -2.38. The lowest BCUT2D eigenvalue weighted by Gasteiger charge is -2.26. The average Bonchev–Trinajstić information content (AvgIpc) is 3.27. The van der Waals surface area contributed by atoms with Gasteiger partial charge in [-0.15, -0.1) is 0 Å². The van der Waals surface area contributed by atoms with Gasteiger partial charge in [0.2, 0.25) is 5.91 Å². The molecule has 1 amide bonds. The predicted molar refractivity (Wildman–Crippen MR) is 122 cm³/mol. The first-order valence-electron chi connectivity index (χ1n) is 11.1. The lowest BCUT2D eigenvalue weighted by molar-refractivity contribution is -0.121. The summed E-state index contributed by atoms with van der Waals surface area (Å²) in [6.07, 6.45) is 4.13. The van der Waals surface area contributed by atoms with Gasteiger partial charge in [-0.2, -0.15) is 5.10 Å². The number of carbonyl (C=O) groups excluding carboxylic acids is 1. The fourth-order valence-corrected chi connectivity index (χ4v) is 3.84. The first-order chi connectivity index (χ1) is 15.3. The van der Waals surface area contributed by atoms with Crippen LogP contribution in [0, 0.1) is 0 Å². The van der Waals surface area contributed by atoms with Crippen LogP contribution in [-0.4, -0.2) is 60.0 Å². The smallest absolute Gasteiger partial charge is 0.220 e. The van der Waals surface area contributed by atoms with E-state index < -0.39 is 0 Å². The van der Waals surface area contributed by atoms with E-state index in [9.17, 15) is 4.79 Å². The van der Waals surface area contributed by atoms with Crippen LogP contribution in [0.4, 0.5) is 0 Å². The van der Waals surface area contributed by atoms with E-state index >= 15 is 0 Å². The molecule has 162 valence electrons. The number of hydrogen-bond donors (Lipinski definition) is 1. The third-order valence-electron chi connectivity index (χ3n) is 5.56. The SMILES string of the molecule is O=C(CCc1cn(-c2ccccc2)nc1-c1ccccc1)NCCCN1CCOCC1. The third kappa shape index (κ3) is 6.03. The van der Waals surface area contributed by atoms with Gasteiger partial charge in [0.25, 0.3) is 0 Å². The fraction of sp³-hybridized carbons (Fsp3) is 0.360. The van der Waals surface area contributed by atoms with Crippen LogP contribution in [0.25, 0.3) is 16.9 Å². The molecule has 4 rings (SSSR count). The number of ether oxygens (including phenoxy) is 1. The van der Waals surface area contributed by atoms with Crippen LogP contribution in [0.3, 0.4) is 0 Å². The summed E-state index contributed by atoms with van der Waals surface area (Å²) < 4.78 is 7.27. The Morgan fingerprint density at radius 2 is 1.71 bits per heavy atom. The Morgan fingerprint density at radius 3 is 2.45 bits per heavy atom. The van der Waals surface area contributed by atoms with Crippen molar-refractivity contribution in [2.24, 2.45) is 0 Å². The summed E-state index contributed by atoms with van der Waals surface area (Å²) in [5.74, 6) is 0.0912. The van der Waals surface area contributed by atoms with E-state index in [2.05, 4.69) is 22.3 Å². The Bertz CT molecular complexity index is 950. The zero-order valence-corrected chi connectivity index (χ0v) is 17.9. The van der Waals surface area contributed by atoms with E-state index in [1.165, 1.54) is 0 Å². The minimum atomic E-state index is 0.0912. The van der Waals surface area contributed by atoms with Gasteiger partial charge in [0.05, 0.1) is 24.6 Å². The highest BCUT2D eigenvalue weighted by atomic mass is 16.5. The minimum absolute atomic E-state index is 0.0912. The number of amides is 1. The van der Waals surface area contributed by atoms with Gasteiger partial charge in [-0.25, -0.2) is 4.68 Å². The number of rotatable bonds is 9. The van der Waals surface area contributed by atoms with Crippen molar-refractivity contribution in [1.29, 1.82) is 0 Å². The van der Waals surface area contributed by atoms with Crippen LogP contribution in [0.15, 0.2) is 66.9 Å². The van der Waals surface area contributed by atoms with Crippen molar-refractivity contribution in [3.63, 3.8) is 0 Å². The molecular weight excluding hydrogens is 388 g/mol. The summed E-state index contributed by atoms with van der Waals surface area (Å²) >= 11 is 0. The molecule has 3 aromatic rings. The first kappa shape index (κ1) is 21.3. The molecule has 0 saturated carbocycles. The summed E-state index contributed by atoms with van der Waals surface area (Å²) in [6, 6.07) is 20.2. The van der Waals surface area contributed by atoms with Gasteiger partial charge >= 0.3 is 0 Å². The number of nitrogens with zero attached hydrogens (tertiary/aromatic N) is 3. The van der Waals surface area contributed by atoms with Crippen molar-refractivity contribution in [1.82, 2.24) is 20.0 Å². The molecule has 1 N–H and O–H groups in total. The molecule has 31 heavy (non-hydrogen) atoms. The third-order valence-corrected chi connectivity index (χ3v) is 5.56. The molecule has 1 saturated heterocycles. The molecule has 1 aliphatic rings. The Balaban J connectivity index is 1.34. The molecular formula is C25H30N4O2. The molecule has 0 aliphatic carbocycles. The average molecular weight is 419 g/mol. The highest BCUT2D eigenvalue weighted by Crippen LogP contribution is 2.24. The Hall–Kier alpha value is -2.96. The van der Waals surface area contributed by atoms with Gasteiger partial charge in [0.15, 0.2) is 0 Å². The molecule has 1 fully saturated rings. The predicted octanol–water partition coefficient (Wildman–Crippen LogP) is 3.31. The monoisotopic (exact) mass is 418 g/mol. The van der Waals surface area contributed by atoms with E-state index in [1.54, 1.807) is 0 Å². The highest BCUT2D eigenvalue weighted by Gasteiger charge is 2.14.